The van der Waals surface area contributed by atoms with Crippen molar-refractivity contribution in [3.8, 4) is 0 Å². The van der Waals surface area contributed by atoms with Crippen LogP contribution >= 0.6 is 0 Å². The van der Waals surface area contributed by atoms with Crippen LogP contribution in [0.1, 0.15) is 31.0 Å². The summed E-state index contributed by atoms with van der Waals surface area (Å²) in [6, 6.07) is 15.6. The predicted octanol–water partition coefficient (Wildman–Crippen LogP) is 2.95. The summed E-state index contributed by atoms with van der Waals surface area (Å²) < 4.78 is 5.47. The second-order valence-electron chi connectivity index (χ2n) is 5.70. The number of aromatic nitrogens is 1. The van der Waals surface area contributed by atoms with Crippen LogP contribution in [0.4, 0.5) is 0 Å². The van der Waals surface area contributed by atoms with Crippen molar-refractivity contribution < 1.29 is 9.53 Å². The minimum absolute atomic E-state index is 0.00853. The van der Waals surface area contributed by atoms with Gasteiger partial charge in [0.15, 0.2) is 0 Å². The maximum Gasteiger partial charge on any atom is 0.228 e. The Morgan fingerprint density at radius 1 is 1.13 bits per heavy atom. The van der Waals surface area contributed by atoms with Crippen molar-refractivity contribution in [3.05, 3.63) is 66.0 Å². The van der Waals surface area contributed by atoms with E-state index in [-0.39, 0.29) is 17.9 Å². The van der Waals surface area contributed by atoms with Gasteiger partial charge in [-0.3, -0.25) is 9.78 Å². The van der Waals surface area contributed by atoms with Crippen LogP contribution < -0.4 is 5.32 Å². The average Bonchev–Trinajstić information content (AvgIpc) is 2.58. The molecule has 1 aromatic heterocycles. The van der Waals surface area contributed by atoms with Gasteiger partial charge >= 0.3 is 0 Å². The quantitative estimate of drug-likeness (QED) is 0.763. The van der Waals surface area contributed by atoms with E-state index in [4.69, 9.17) is 4.74 Å². The van der Waals surface area contributed by atoms with E-state index >= 15 is 0 Å². The van der Waals surface area contributed by atoms with Crippen LogP contribution in [0, 0.1) is 0 Å². The Morgan fingerprint density at radius 3 is 2.52 bits per heavy atom. The van der Waals surface area contributed by atoms with Gasteiger partial charge in [0.25, 0.3) is 0 Å². The highest BCUT2D eigenvalue weighted by atomic mass is 16.5. The van der Waals surface area contributed by atoms with Gasteiger partial charge in [0.1, 0.15) is 0 Å². The summed E-state index contributed by atoms with van der Waals surface area (Å²) in [5.74, 6) is -0.237. The van der Waals surface area contributed by atoms with E-state index in [2.05, 4.69) is 10.3 Å². The van der Waals surface area contributed by atoms with Gasteiger partial charge in [-0.25, -0.2) is 0 Å². The first-order valence-corrected chi connectivity index (χ1v) is 8.01. The van der Waals surface area contributed by atoms with Crippen molar-refractivity contribution in [2.45, 2.75) is 32.3 Å². The largest absolute Gasteiger partial charge is 0.377 e. The molecule has 0 spiro atoms. The number of carbonyl (C=O) groups is 1. The van der Waals surface area contributed by atoms with Crippen LogP contribution in [-0.4, -0.2) is 30.1 Å². The number of benzene rings is 1. The van der Waals surface area contributed by atoms with Crippen molar-refractivity contribution in [1.82, 2.24) is 10.3 Å². The van der Waals surface area contributed by atoms with E-state index in [0.29, 0.717) is 19.6 Å². The van der Waals surface area contributed by atoms with E-state index < -0.39 is 0 Å². The van der Waals surface area contributed by atoms with Crippen molar-refractivity contribution in [1.29, 1.82) is 0 Å². The molecule has 0 bridgehead atoms. The Morgan fingerprint density at radius 2 is 1.87 bits per heavy atom. The smallest absolute Gasteiger partial charge is 0.228 e. The van der Waals surface area contributed by atoms with Crippen LogP contribution in [0.15, 0.2) is 54.7 Å². The fourth-order valence-electron chi connectivity index (χ4n) is 2.37. The van der Waals surface area contributed by atoms with E-state index in [9.17, 15) is 4.79 Å². The number of hydrogen-bond acceptors (Lipinski definition) is 3. The fourth-order valence-corrected chi connectivity index (χ4v) is 2.37. The Bertz CT molecular complexity index is 585. The molecule has 4 heteroatoms. The molecule has 0 aliphatic heterocycles. The second kappa shape index (κ2) is 9.06. The molecule has 1 amide bonds. The van der Waals surface area contributed by atoms with Gasteiger partial charge in [-0.1, -0.05) is 36.4 Å². The van der Waals surface area contributed by atoms with E-state index in [1.54, 1.807) is 6.20 Å². The normalized spacial score (nSPS) is 12.1. The lowest BCUT2D eigenvalue weighted by Crippen LogP contribution is -2.33. The molecule has 1 aromatic carbocycles. The van der Waals surface area contributed by atoms with Crippen LogP contribution in [0.5, 0.6) is 0 Å². The van der Waals surface area contributed by atoms with E-state index in [1.807, 2.05) is 62.4 Å². The van der Waals surface area contributed by atoms with Crippen LogP contribution in [-0.2, 0) is 16.0 Å². The topological polar surface area (TPSA) is 51.2 Å². The molecule has 0 aliphatic rings. The molecule has 1 unspecified atom stereocenters. The third-order valence-corrected chi connectivity index (χ3v) is 3.51. The Labute approximate surface area is 137 Å². The number of pyridine rings is 1. The number of rotatable bonds is 8. The van der Waals surface area contributed by atoms with Crippen molar-refractivity contribution in [2.75, 3.05) is 13.2 Å². The lowest BCUT2D eigenvalue weighted by molar-refractivity contribution is -0.122. The fraction of sp³-hybridized carbons (Fsp3) is 0.368. The first-order chi connectivity index (χ1) is 11.2. The minimum atomic E-state index is -0.245. The summed E-state index contributed by atoms with van der Waals surface area (Å²) in [6.45, 7) is 5.00. The average molecular weight is 312 g/mol. The number of carbonyl (C=O) groups excluding carboxylic acids is 1. The van der Waals surface area contributed by atoms with E-state index in [1.165, 1.54) is 0 Å². The lowest BCUT2D eigenvalue weighted by Gasteiger charge is -2.17. The molecule has 1 atom stereocenters. The molecule has 0 saturated carbocycles. The summed E-state index contributed by atoms with van der Waals surface area (Å²) in [4.78, 5) is 16.9. The van der Waals surface area contributed by atoms with Crippen molar-refractivity contribution in [3.63, 3.8) is 0 Å². The molecule has 0 saturated heterocycles. The predicted molar refractivity (Wildman–Crippen MR) is 91.2 cm³/mol. The van der Waals surface area contributed by atoms with Crippen molar-refractivity contribution in [2.24, 2.45) is 0 Å². The molecule has 1 N–H and O–H groups in total. The molecule has 1 heterocycles. The zero-order chi connectivity index (χ0) is 16.5. The molecular weight excluding hydrogens is 288 g/mol. The van der Waals surface area contributed by atoms with Crippen LogP contribution in [0.2, 0.25) is 0 Å². The molecule has 23 heavy (non-hydrogen) atoms. The summed E-state index contributed by atoms with van der Waals surface area (Å²) in [6.07, 6.45) is 2.51. The maximum absolute atomic E-state index is 12.6. The Kier molecular flexibility index (Phi) is 6.76. The molecule has 2 rings (SSSR count). The first-order valence-electron chi connectivity index (χ1n) is 8.01. The molecule has 2 aromatic rings. The number of hydrogen-bond donors (Lipinski definition) is 1. The lowest BCUT2D eigenvalue weighted by atomic mass is 9.93. The minimum Gasteiger partial charge on any atom is -0.377 e. The Hall–Kier alpha value is -2.20. The first kappa shape index (κ1) is 17.2. The summed E-state index contributed by atoms with van der Waals surface area (Å²) in [5, 5.41) is 2.97. The third-order valence-electron chi connectivity index (χ3n) is 3.51. The number of nitrogens with one attached hydrogen (secondary N) is 1. The Balaban J connectivity index is 2.03. The standard InChI is InChI=1S/C19H24N2O2/c1-15(2)23-13-12-21-19(22)18(16-8-4-3-5-9-16)14-17-10-6-7-11-20-17/h3-11,15,18H,12-14H2,1-2H3,(H,21,22). The van der Waals surface area contributed by atoms with Gasteiger partial charge in [-0.05, 0) is 31.5 Å². The molecule has 0 radical (unpaired) electrons. The molecule has 0 fully saturated rings. The molecular formula is C19H24N2O2. The summed E-state index contributed by atoms with van der Waals surface area (Å²) in [7, 11) is 0. The monoisotopic (exact) mass is 312 g/mol. The summed E-state index contributed by atoms with van der Waals surface area (Å²) in [5.41, 5.74) is 1.91. The molecule has 4 nitrogen and oxygen atoms in total. The zero-order valence-corrected chi connectivity index (χ0v) is 13.7. The van der Waals surface area contributed by atoms with Crippen LogP contribution in [0.3, 0.4) is 0 Å². The van der Waals surface area contributed by atoms with Gasteiger partial charge < -0.3 is 10.1 Å². The third kappa shape index (κ3) is 5.83. The number of nitrogens with zero attached hydrogens (tertiary/aromatic N) is 1. The highest BCUT2D eigenvalue weighted by Crippen LogP contribution is 2.20. The van der Waals surface area contributed by atoms with Crippen molar-refractivity contribution >= 4 is 5.91 Å². The van der Waals surface area contributed by atoms with Gasteiger partial charge in [-0.2, -0.15) is 0 Å². The summed E-state index contributed by atoms with van der Waals surface area (Å²) >= 11 is 0. The highest BCUT2D eigenvalue weighted by molar-refractivity contribution is 5.83. The van der Waals surface area contributed by atoms with Gasteiger partial charge in [0, 0.05) is 24.9 Å². The van der Waals surface area contributed by atoms with Gasteiger partial charge in [0.05, 0.1) is 18.6 Å². The van der Waals surface area contributed by atoms with Crippen LogP contribution in [0.25, 0.3) is 0 Å². The van der Waals surface area contributed by atoms with Gasteiger partial charge in [-0.15, -0.1) is 0 Å². The molecule has 0 aliphatic carbocycles. The SMILES string of the molecule is CC(C)OCCNC(=O)C(Cc1ccccn1)c1ccccc1. The second-order valence-corrected chi connectivity index (χ2v) is 5.70. The number of amides is 1. The number of ether oxygens (including phenoxy) is 1. The highest BCUT2D eigenvalue weighted by Gasteiger charge is 2.21. The molecule has 122 valence electrons. The zero-order valence-electron chi connectivity index (χ0n) is 13.7. The maximum atomic E-state index is 12.6. The van der Waals surface area contributed by atoms with Gasteiger partial charge in [0.2, 0.25) is 5.91 Å². The van der Waals surface area contributed by atoms with E-state index in [0.717, 1.165) is 11.3 Å².